The fourth-order valence-electron chi connectivity index (χ4n) is 2.07. The molecule has 1 aliphatic heterocycles. The van der Waals surface area contributed by atoms with Crippen LogP contribution in [0.15, 0.2) is 0 Å². The largest absolute Gasteiger partial charge is 0.347 e. The summed E-state index contributed by atoms with van der Waals surface area (Å²) in [5, 5.41) is 2.53. The molecule has 0 bridgehead atoms. The first kappa shape index (κ1) is 13.0. The summed E-state index contributed by atoms with van der Waals surface area (Å²) in [7, 11) is 0. The molecule has 0 saturated carbocycles. The van der Waals surface area contributed by atoms with E-state index in [0.717, 1.165) is 32.4 Å². The van der Waals surface area contributed by atoms with Crippen LogP contribution in [-0.4, -0.2) is 42.9 Å². The predicted molar refractivity (Wildman–Crippen MR) is 61.7 cm³/mol. The Balaban J connectivity index is 2.34. The molecule has 1 saturated heterocycles. The minimum absolute atomic E-state index is 0.0110. The van der Waals surface area contributed by atoms with Crippen LogP contribution in [0.3, 0.4) is 0 Å². The van der Waals surface area contributed by atoms with E-state index in [1.165, 1.54) is 6.92 Å². The summed E-state index contributed by atoms with van der Waals surface area (Å²) in [6.07, 6.45) is 3.17. The van der Waals surface area contributed by atoms with Gasteiger partial charge < -0.3 is 16.0 Å². The number of nitrogens with two attached hydrogens (primary N) is 1. The third-order valence-corrected chi connectivity index (χ3v) is 2.94. The maximum atomic E-state index is 11.7. The molecule has 0 radical (unpaired) electrons. The van der Waals surface area contributed by atoms with Gasteiger partial charge in [0.2, 0.25) is 11.8 Å². The summed E-state index contributed by atoms with van der Waals surface area (Å²) >= 11 is 0. The van der Waals surface area contributed by atoms with Gasteiger partial charge in [0.25, 0.3) is 0 Å². The van der Waals surface area contributed by atoms with Gasteiger partial charge >= 0.3 is 0 Å². The van der Waals surface area contributed by atoms with Crippen molar-refractivity contribution in [3.63, 3.8) is 0 Å². The molecule has 92 valence electrons. The third-order valence-electron chi connectivity index (χ3n) is 2.94. The van der Waals surface area contributed by atoms with Crippen LogP contribution in [0, 0.1) is 5.92 Å². The molecular weight excluding hydrogens is 206 g/mol. The first-order chi connectivity index (χ1) is 7.63. The van der Waals surface area contributed by atoms with Gasteiger partial charge in [-0.15, -0.1) is 0 Å². The van der Waals surface area contributed by atoms with Gasteiger partial charge in [0.15, 0.2) is 0 Å². The summed E-state index contributed by atoms with van der Waals surface area (Å²) in [6.45, 7) is 3.80. The highest BCUT2D eigenvalue weighted by Gasteiger charge is 2.22. The van der Waals surface area contributed by atoms with Crippen molar-refractivity contribution in [2.24, 2.45) is 11.7 Å². The average molecular weight is 227 g/mol. The van der Waals surface area contributed by atoms with Crippen LogP contribution < -0.4 is 11.1 Å². The second-order valence-electron chi connectivity index (χ2n) is 4.34. The standard InChI is InChI=1S/C11H21N3O2/c1-9(15)13-7-11(16)14-6-2-3-10(8-14)4-5-12/h10H,2-8,12H2,1H3,(H,13,15). The highest BCUT2D eigenvalue weighted by Crippen LogP contribution is 2.18. The maximum absolute atomic E-state index is 11.7. The van der Waals surface area contributed by atoms with Crippen LogP contribution in [0.5, 0.6) is 0 Å². The normalized spacial score (nSPS) is 20.6. The molecule has 1 atom stereocenters. The lowest BCUT2D eigenvalue weighted by Crippen LogP contribution is -2.45. The Morgan fingerprint density at radius 1 is 1.50 bits per heavy atom. The number of hydrogen-bond donors (Lipinski definition) is 2. The van der Waals surface area contributed by atoms with Gasteiger partial charge in [-0.3, -0.25) is 9.59 Å². The topological polar surface area (TPSA) is 75.4 Å². The molecule has 16 heavy (non-hydrogen) atoms. The Labute approximate surface area is 96.4 Å². The molecule has 1 fully saturated rings. The van der Waals surface area contributed by atoms with E-state index in [4.69, 9.17) is 5.73 Å². The highest BCUT2D eigenvalue weighted by atomic mass is 16.2. The van der Waals surface area contributed by atoms with Gasteiger partial charge in [0.05, 0.1) is 6.54 Å². The number of piperidine rings is 1. The molecule has 5 nitrogen and oxygen atoms in total. The number of carbonyl (C=O) groups is 2. The summed E-state index contributed by atoms with van der Waals surface area (Å²) in [4.78, 5) is 24.3. The van der Waals surface area contributed by atoms with Gasteiger partial charge in [-0.2, -0.15) is 0 Å². The van der Waals surface area contributed by atoms with Crippen molar-refractivity contribution >= 4 is 11.8 Å². The van der Waals surface area contributed by atoms with Gasteiger partial charge in [-0.25, -0.2) is 0 Å². The van der Waals surface area contributed by atoms with Crippen LogP contribution in [0.2, 0.25) is 0 Å². The third kappa shape index (κ3) is 4.18. The van der Waals surface area contributed by atoms with Crippen molar-refractivity contribution < 1.29 is 9.59 Å². The molecule has 0 spiro atoms. The number of likely N-dealkylation sites (tertiary alicyclic amines) is 1. The van der Waals surface area contributed by atoms with Crippen molar-refractivity contribution in [3.05, 3.63) is 0 Å². The second-order valence-corrected chi connectivity index (χ2v) is 4.34. The van der Waals surface area contributed by atoms with Crippen LogP contribution in [0.25, 0.3) is 0 Å². The lowest BCUT2D eigenvalue weighted by atomic mass is 9.95. The van der Waals surface area contributed by atoms with Crippen LogP contribution in [0.4, 0.5) is 0 Å². The lowest BCUT2D eigenvalue weighted by Gasteiger charge is -2.32. The predicted octanol–water partition coefficient (Wildman–Crippen LogP) is -0.290. The van der Waals surface area contributed by atoms with Gasteiger partial charge in [0, 0.05) is 20.0 Å². The molecule has 0 aromatic rings. The van der Waals surface area contributed by atoms with E-state index in [9.17, 15) is 9.59 Å². The van der Waals surface area contributed by atoms with E-state index in [2.05, 4.69) is 5.32 Å². The molecule has 0 aromatic heterocycles. The molecule has 1 unspecified atom stereocenters. The second kappa shape index (κ2) is 6.48. The zero-order chi connectivity index (χ0) is 12.0. The summed E-state index contributed by atoms with van der Waals surface area (Å²) in [6, 6.07) is 0. The van der Waals surface area contributed by atoms with E-state index in [1.807, 2.05) is 4.90 Å². The zero-order valence-electron chi connectivity index (χ0n) is 9.87. The fraction of sp³-hybridized carbons (Fsp3) is 0.818. The Morgan fingerprint density at radius 3 is 2.88 bits per heavy atom. The van der Waals surface area contributed by atoms with Gasteiger partial charge in [-0.1, -0.05) is 0 Å². The minimum atomic E-state index is -0.163. The molecule has 1 rings (SSSR count). The van der Waals surface area contributed by atoms with Crippen molar-refractivity contribution in [2.75, 3.05) is 26.2 Å². The van der Waals surface area contributed by atoms with Gasteiger partial charge in [0.1, 0.15) is 0 Å². The molecule has 3 N–H and O–H groups in total. The summed E-state index contributed by atoms with van der Waals surface area (Å²) < 4.78 is 0. The number of hydrogen-bond acceptors (Lipinski definition) is 3. The molecule has 1 aliphatic rings. The maximum Gasteiger partial charge on any atom is 0.241 e. The molecule has 1 heterocycles. The quantitative estimate of drug-likeness (QED) is 0.693. The average Bonchev–Trinajstić information content (AvgIpc) is 2.26. The smallest absolute Gasteiger partial charge is 0.241 e. The van der Waals surface area contributed by atoms with Crippen molar-refractivity contribution in [1.82, 2.24) is 10.2 Å². The first-order valence-electron chi connectivity index (χ1n) is 5.85. The van der Waals surface area contributed by atoms with Crippen LogP contribution in [-0.2, 0) is 9.59 Å². The van der Waals surface area contributed by atoms with Gasteiger partial charge in [-0.05, 0) is 31.7 Å². The van der Waals surface area contributed by atoms with Crippen molar-refractivity contribution in [3.8, 4) is 0 Å². The lowest BCUT2D eigenvalue weighted by molar-refractivity contribution is -0.134. The zero-order valence-corrected chi connectivity index (χ0v) is 9.87. The highest BCUT2D eigenvalue weighted by molar-refractivity contribution is 5.83. The van der Waals surface area contributed by atoms with Crippen molar-refractivity contribution in [2.45, 2.75) is 26.2 Å². The SMILES string of the molecule is CC(=O)NCC(=O)N1CCCC(CCN)C1. The number of nitrogens with zero attached hydrogens (tertiary/aromatic N) is 1. The monoisotopic (exact) mass is 227 g/mol. The van der Waals surface area contributed by atoms with Crippen LogP contribution >= 0.6 is 0 Å². The molecule has 2 amide bonds. The Kier molecular flexibility index (Phi) is 5.25. The molecule has 5 heteroatoms. The first-order valence-corrected chi connectivity index (χ1v) is 5.85. The molecule has 0 aliphatic carbocycles. The molecular formula is C11H21N3O2. The Bertz CT molecular complexity index is 254. The Hall–Kier alpha value is -1.10. The summed E-state index contributed by atoms with van der Waals surface area (Å²) in [5.41, 5.74) is 5.52. The van der Waals surface area contributed by atoms with Crippen molar-refractivity contribution in [1.29, 1.82) is 0 Å². The number of amides is 2. The fourth-order valence-corrected chi connectivity index (χ4v) is 2.07. The van der Waals surface area contributed by atoms with E-state index in [-0.39, 0.29) is 18.4 Å². The minimum Gasteiger partial charge on any atom is -0.347 e. The van der Waals surface area contributed by atoms with E-state index in [0.29, 0.717) is 12.5 Å². The number of nitrogens with one attached hydrogen (secondary N) is 1. The number of rotatable bonds is 4. The molecule has 0 aromatic carbocycles. The van der Waals surface area contributed by atoms with Crippen LogP contribution in [0.1, 0.15) is 26.2 Å². The van der Waals surface area contributed by atoms with E-state index < -0.39 is 0 Å². The van der Waals surface area contributed by atoms with E-state index >= 15 is 0 Å². The van der Waals surface area contributed by atoms with E-state index in [1.54, 1.807) is 0 Å². The number of carbonyl (C=O) groups excluding carboxylic acids is 2. The summed E-state index contributed by atoms with van der Waals surface area (Å²) in [5.74, 6) is 0.376. The Morgan fingerprint density at radius 2 is 2.25 bits per heavy atom.